The van der Waals surface area contributed by atoms with E-state index in [1.54, 1.807) is 4.68 Å². The molecule has 3 aromatic rings. The molecule has 0 amide bonds. The molecule has 0 aliphatic heterocycles. The van der Waals surface area contributed by atoms with Crippen molar-refractivity contribution in [2.45, 2.75) is 20.8 Å². The van der Waals surface area contributed by atoms with Crippen LogP contribution in [0.1, 0.15) is 23.8 Å². The van der Waals surface area contributed by atoms with Gasteiger partial charge in [-0.2, -0.15) is 5.10 Å². The van der Waals surface area contributed by atoms with Crippen LogP contribution in [-0.4, -0.2) is 22.4 Å². The maximum atomic E-state index is 10.7. The molecule has 0 spiro atoms. The fourth-order valence-corrected chi connectivity index (χ4v) is 3.28. The van der Waals surface area contributed by atoms with Crippen LogP contribution in [-0.2, 0) is 0 Å². The molecule has 26 heavy (non-hydrogen) atoms. The van der Waals surface area contributed by atoms with E-state index in [1.807, 2.05) is 18.4 Å². The fraction of sp³-hybridized carbons (Fsp3) is 0.222. The minimum atomic E-state index is -0.576. The van der Waals surface area contributed by atoms with E-state index in [9.17, 15) is 10.1 Å². The third-order valence-corrected chi connectivity index (χ3v) is 4.73. The molecule has 0 unspecified atom stereocenters. The Labute approximate surface area is 154 Å². The number of furan rings is 1. The molecule has 0 bridgehead atoms. The number of nitrogens with zero attached hydrogens (tertiary/aromatic N) is 4. The molecule has 0 aliphatic carbocycles. The second-order valence-electron chi connectivity index (χ2n) is 5.67. The quantitative estimate of drug-likeness (QED) is 0.384. The zero-order valence-electron chi connectivity index (χ0n) is 14.7. The second-order valence-corrected chi connectivity index (χ2v) is 6.50. The van der Waals surface area contributed by atoms with Gasteiger partial charge in [-0.15, -0.1) is 11.3 Å². The van der Waals surface area contributed by atoms with Gasteiger partial charge in [0.1, 0.15) is 4.92 Å². The molecular weight excluding hydrogens is 352 g/mol. The van der Waals surface area contributed by atoms with Crippen molar-refractivity contribution in [2.24, 2.45) is 10.1 Å². The van der Waals surface area contributed by atoms with Crippen LogP contribution in [0, 0.1) is 24.0 Å². The smallest absolute Gasteiger partial charge is 0.400 e. The van der Waals surface area contributed by atoms with Gasteiger partial charge in [0.25, 0.3) is 0 Å². The maximum absolute atomic E-state index is 10.7. The summed E-state index contributed by atoms with van der Waals surface area (Å²) in [5.41, 5.74) is 4.35. The molecular formula is C18H18N4O3S. The first-order chi connectivity index (χ1) is 12.5. The third kappa shape index (κ3) is 3.65. The monoisotopic (exact) mass is 370 g/mol. The summed E-state index contributed by atoms with van der Waals surface area (Å²) in [5, 5.41) is 17.2. The molecule has 2 heterocycles. The summed E-state index contributed by atoms with van der Waals surface area (Å²) in [5.74, 6) is -0.00138. The average molecular weight is 370 g/mol. The number of nitro groups is 1. The van der Waals surface area contributed by atoms with Crippen LogP contribution in [0.3, 0.4) is 0 Å². The van der Waals surface area contributed by atoms with Crippen LogP contribution in [0.2, 0.25) is 0 Å². The first kappa shape index (κ1) is 17.8. The molecule has 8 heteroatoms. The van der Waals surface area contributed by atoms with E-state index in [2.05, 4.69) is 36.1 Å². The van der Waals surface area contributed by atoms with Crippen molar-refractivity contribution in [3.63, 3.8) is 0 Å². The SMILES string of the molecule is CCN=c1scc(-c2ccc(C)c(C)c2)n1N=Cc1ccc([N+](=O)[O-])o1. The van der Waals surface area contributed by atoms with Crippen LogP contribution in [0.15, 0.2) is 50.2 Å². The molecule has 0 atom stereocenters. The number of rotatable bonds is 5. The summed E-state index contributed by atoms with van der Waals surface area (Å²) in [6.07, 6.45) is 1.46. The summed E-state index contributed by atoms with van der Waals surface area (Å²) in [7, 11) is 0. The van der Waals surface area contributed by atoms with Gasteiger partial charge < -0.3 is 4.42 Å². The molecule has 3 rings (SSSR count). The highest BCUT2D eigenvalue weighted by molar-refractivity contribution is 7.07. The van der Waals surface area contributed by atoms with Crippen molar-refractivity contribution in [2.75, 3.05) is 6.54 Å². The number of hydrogen-bond acceptors (Lipinski definition) is 6. The van der Waals surface area contributed by atoms with Crippen molar-refractivity contribution < 1.29 is 9.34 Å². The van der Waals surface area contributed by atoms with Crippen molar-refractivity contribution >= 4 is 23.4 Å². The number of benzene rings is 1. The number of aromatic nitrogens is 1. The Morgan fingerprint density at radius 2 is 2.08 bits per heavy atom. The predicted molar refractivity (Wildman–Crippen MR) is 102 cm³/mol. The largest absolute Gasteiger partial charge is 0.433 e. The van der Waals surface area contributed by atoms with Gasteiger partial charge in [-0.1, -0.05) is 12.1 Å². The lowest BCUT2D eigenvalue weighted by atomic mass is 10.1. The molecule has 0 fully saturated rings. The Morgan fingerprint density at radius 1 is 1.27 bits per heavy atom. The van der Waals surface area contributed by atoms with Crippen LogP contribution in [0.5, 0.6) is 0 Å². The van der Waals surface area contributed by atoms with E-state index < -0.39 is 4.92 Å². The van der Waals surface area contributed by atoms with Gasteiger partial charge in [0.15, 0.2) is 5.76 Å². The molecule has 0 N–H and O–H groups in total. The molecule has 7 nitrogen and oxygen atoms in total. The topological polar surface area (TPSA) is 85.9 Å². The van der Waals surface area contributed by atoms with Crippen molar-refractivity contribution in [1.29, 1.82) is 0 Å². The van der Waals surface area contributed by atoms with Crippen molar-refractivity contribution in [1.82, 2.24) is 4.68 Å². The van der Waals surface area contributed by atoms with Crippen LogP contribution >= 0.6 is 11.3 Å². The average Bonchev–Trinajstić information content (AvgIpc) is 3.23. The number of thiazole rings is 1. The minimum Gasteiger partial charge on any atom is -0.400 e. The Hall–Kier alpha value is -3.00. The zero-order chi connectivity index (χ0) is 18.7. The highest BCUT2D eigenvalue weighted by Crippen LogP contribution is 2.23. The zero-order valence-corrected chi connectivity index (χ0v) is 15.5. The third-order valence-electron chi connectivity index (χ3n) is 3.87. The Kier molecular flexibility index (Phi) is 5.13. The van der Waals surface area contributed by atoms with E-state index in [-0.39, 0.29) is 5.88 Å². The highest BCUT2D eigenvalue weighted by Gasteiger charge is 2.11. The summed E-state index contributed by atoms with van der Waals surface area (Å²) < 4.78 is 6.86. The van der Waals surface area contributed by atoms with Crippen LogP contribution < -0.4 is 4.80 Å². The van der Waals surface area contributed by atoms with E-state index >= 15 is 0 Å². The lowest BCUT2D eigenvalue weighted by molar-refractivity contribution is -0.402. The van der Waals surface area contributed by atoms with Gasteiger partial charge >= 0.3 is 5.88 Å². The standard InChI is InChI=1S/C18H18N4O3S/c1-4-19-18-21(20-10-15-7-8-17(25-15)22(23)24)16(11-26-18)14-6-5-12(2)13(3)9-14/h5-11H,4H2,1-3H3. The normalized spacial score (nSPS) is 12.2. The minimum absolute atomic E-state index is 0.309. The van der Waals surface area contributed by atoms with E-state index in [4.69, 9.17) is 4.42 Å². The van der Waals surface area contributed by atoms with Crippen molar-refractivity contribution in [3.8, 4) is 11.3 Å². The molecule has 0 saturated heterocycles. The molecule has 0 aliphatic rings. The fourth-order valence-electron chi connectivity index (χ4n) is 2.38. The first-order valence-corrected chi connectivity index (χ1v) is 8.94. The number of hydrogen-bond donors (Lipinski definition) is 0. The number of aryl methyl sites for hydroxylation is 2. The van der Waals surface area contributed by atoms with Gasteiger partial charge in [0.05, 0.1) is 18.0 Å². The Morgan fingerprint density at radius 3 is 2.73 bits per heavy atom. The molecule has 1 aromatic carbocycles. The Balaban J connectivity index is 2.05. The molecule has 2 aromatic heterocycles. The van der Waals surface area contributed by atoms with Crippen LogP contribution in [0.4, 0.5) is 5.88 Å². The molecule has 134 valence electrons. The second kappa shape index (κ2) is 7.49. The highest BCUT2D eigenvalue weighted by atomic mass is 32.1. The van der Waals surface area contributed by atoms with Crippen molar-refractivity contribution in [3.05, 3.63) is 67.5 Å². The summed E-state index contributed by atoms with van der Waals surface area (Å²) in [4.78, 5) is 15.4. The van der Waals surface area contributed by atoms with Gasteiger partial charge in [0, 0.05) is 17.5 Å². The molecule has 0 radical (unpaired) electrons. The van der Waals surface area contributed by atoms with Crippen LogP contribution in [0.25, 0.3) is 11.3 Å². The first-order valence-electron chi connectivity index (χ1n) is 8.07. The summed E-state index contributed by atoms with van der Waals surface area (Å²) in [6, 6.07) is 9.05. The maximum Gasteiger partial charge on any atom is 0.433 e. The van der Waals surface area contributed by atoms with Gasteiger partial charge in [0.2, 0.25) is 4.80 Å². The lowest BCUT2D eigenvalue weighted by Gasteiger charge is -2.06. The Bertz CT molecular complexity index is 1040. The summed E-state index contributed by atoms with van der Waals surface area (Å²) in [6.45, 7) is 6.73. The van der Waals surface area contributed by atoms with E-state index in [0.29, 0.717) is 12.3 Å². The molecule has 0 saturated carbocycles. The van der Waals surface area contributed by atoms with Gasteiger partial charge in [-0.05, 0) is 44.0 Å². The predicted octanol–water partition coefficient (Wildman–Crippen LogP) is 4.14. The lowest BCUT2D eigenvalue weighted by Crippen LogP contribution is -2.12. The van der Waals surface area contributed by atoms with E-state index in [0.717, 1.165) is 16.1 Å². The van der Waals surface area contributed by atoms with Gasteiger partial charge in [-0.3, -0.25) is 15.1 Å². The van der Waals surface area contributed by atoms with Gasteiger partial charge in [-0.25, -0.2) is 4.68 Å². The summed E-state index contributed by atoms with van der Waals surface area (Å²) >= 11 is 1.49. The van der Waals surface area contributed by atoms with E-state index in [1.165, 1.54) is 40.8 Å².